The summed E-state index contributed by atoms with van der Waals surface area (Å²) in [5.41, 5.74) is 0.842. The number of piperazine rings is 1. The third-order valence-electron chi connectivity index (χ3n) is 4.20. The molecule has 0 radical (unpaired) electrons. The van der Waals surface area contributed by atoms with Crippen molar-refractivity contribution in [3.05, 3.63) is 36.5 Å². The van der Waals surface area contributed by atoms with Crippen LogP contribution in [0, 0.1) is 0 Å². The van der Waals surface area contributed by atoms with Crippen molar-refractivity contribution in [1.29, 1.82) is 0 Å². The third kappa shape index (κ3) is 4.20. The highest BCUT2D eigenvalue weighted by molar-refractivity contribution is 5.77. The van der Waals surface area contributed by atoms with Crippen LogP contribution < -0.4 is 15.0 Å². The Morgan fingerprint density at radius 3 is 2.65 bits per heavy atom. The van der Waals surface area contributed by atoms with Crippen LogP contribution in [0.4, 0.5) is 17.5 Å². The molecule has 0 bridgehead atoms. The number of carbonyl (C=O) groups excluding carboxylic acids is 1. The Labute approximate surface area is 152 Å². The normalized spacial score (nSPS) is 14.2. The minimum Gasteiger partial charge on any atom is -0.495 e. The molecule has 0 unspecified atom stereocenters. The Balaban J connectivity index is 1.66. The molecule has 8 heteroatoms. The number of hydrogen-bond donors (Lipinski definition) is 1. The number of anilines is 3. The van der Waals surface area contributed by atoms with Crippen LogP contribution in [-0.4, -0.2) is 67.8 Å². The van der Waals surface area contributed by atoms with Gasteiger partial charge in [-0.15, -0.1) is 0 Å². The zero-order chi connectivity index (χ0) is 18.4. The van der Waals surface area contributed by atoms with Gasteiger partial charge in [-0.3, -0.25) is 4.79 Å². The Morgan fingerprint density at radius 2 is 1.92 bits per heavy atom. The molecule has 8 nitrogen and oxygen atoms in total. The van der Waals surface area contributed by atoms with E-state index in [1.165, 1.54) is 7.11 Å². The van der Waals surface area contributed by atoms with Gasteiger partial charge in [0.2, 0.25) is 11.9 Å². The lowest BCUT2D eigenvalue weighted by atomic mass is 10.3. The van der Waals surface area contributed by atoms with E-state index in [2.05, 4.69) is 20.2 Å². The first-order valence-electron chi connectivity index (χ1n) is 8.46. The summed E-state index contributed by atoms with van der Waals surface area (Å²) in [7, 11) is 3.17. The van der Waals surface area contributed by atoms with Gasteiger partial charge in [0.05, 0.1) is 12.8 Å². The summed E-state index contributed by atoms with van der Waals surface area (Å²) < 4.78 is 10.3. The molecule has 2 heterocycles. The molecule has 1 aromatic heterocycles. The van der Waals surface area contributed by atoms with Crippen LogP contribution >= 0.6 is 0 Å². The van der Waals surface area contributed by atoms with E-state index in [1.54, 1.807) is 18.2 Å². The van der Waals surface area contributed by atoms with Gasteiger partial charge in [0.15, 0.2) is 0 Å². The van der Waals surface area contributed by atoms with Gasteiger partial charge >= 0.3 is 0 Å². The molecule has 3 rings (SSSR count). The number of rotatable bonds is 6. The number of hydrogen-bond acceptors (Lipinski definition) is 7. The molecule has 0 spiro atoms. The zero-order valence-corrected chi connectivity index (χ0v) is 15.0. The Morgan fingerprint density at radius 1 is 1.15 bits per heavy atom. The molecule has 1 aliphatic rings. The average Bonchev–Trinajstić information content (AvgIpc) is 2.69. The number of ether oxygens (including phenoxy) is 2. The van der Waals surface area contributed by atoms with Crippen molar-refractivity contribution in [3.8, 4) is 5.75 Å². The second kappa shape index (κ2) is 8.48. The highest BCUT2D eigenvalue weighted by Crippen LogP contribution is 2.26. The van der Waals surface area contributed by atoms with Gasteiger partial charge in [0, 0.05) is 39.5 Å². The quantitative estimate of drug-likeness (QED) is 0.840. The van der Waals surface area contributed by atoms with Crippen molar-refractivity contribution >= 4 is 23.4 Å². The van der Waals surface area contributed by atoms with Crippen molar-refractivity contribution < 1.29 is 14.3 Å². The van der Waals surface area contributed by atoms with Crippen LogP contribution in [0.2, 0.25) is 0 Å². The van der Waals surface area contributed by atoms with E-state index in [4.69, 9.17) is 9.47 Å². The lowest BCUT2D eigenvalue weighted by Crippen LogP contribution is -2.50. The number of methoxy groups -OCH3 is 2. The molecule has 1 fully saturated rings. The van der Waals surface area contributed by atoms with Crippen LogP contribution in [0.15, 0.2) is 36.5 Å². The van der Waals surface area contributed by atoms with E-state index in [0.717, 1.165) is 11.4 Å². The Kier molecular flexibility index (Phi) is 5.85. The van der Waals surface area contributed by atoms with E-state index < -0.39 is 0 Å². The zero-order valence-electron chi connectivity index (χ0n) is 15.0. The second-order valence-electron chi connectivity index (χ2n) is 5.87. The molecule has 0 atom stereocenters. The molecule has 1 saturated heterocycles. The van der Waals surface area contributed by atoms with E-state index in [0.29, 0.717) is 37.9 Å². The van der Waals surface area contributed by atoms with Gasteiger partial charge in [-0.05, 0) is 18.2 Å². The minimum absolute atomic E-state index is 0.0136. The van der Waals surface area contributed by atoms with E-state index in [-0.39, 0.29) is 12.5 Å². The van der Waals surface area contributed by atoms with Gasteiger partial charge in [0.1, 0.15) is 18.2 Å². The summed E-state index contributed by atoms with van der Waals surface area (Å²) in [5.74, 6) is 2.10. The smallest absolute Gasteiger partial charge is 0.248 e. The van der Waals surface area contributed by atoms with Gasteiger partial charge in [-0.25, -0.2) is 4.98 Å². The highest BCUT2D eigenvalue weighted by Gasteiger charge is 2.22. The predicted octanol–water partition coefficient (Wildman–Crippen LogP) is 1.52. The van der Waals surface area contributed by atoms with Gasteiger partial charge in [0.25, 0.3) is 0 Å². The summed E-state index contributed by atoms with van der Waals surface area (Å²) >= 11 is 0. The van der Waals surface area contributed by atoms with Crippen molar-refractivity contribution in [2.45, 2.75) is 0 Å². The Hall–Kier alpha value is -2.87. The lowest BCUT2D eigenvalue weighted by molar-refractivity contribution is -0.135. The first kappa shape index (κ1) is 17.9. The molecule has 0 aliphatic carbocycles. The number of carbonyl (C=O) groups is 1. The summed E-state index contributed by atoms with van der Waals surface area (Å²) in [6.07, 6.45) is 1.72. The van der Waals surface area contributed by atoms with Gasteiger partial charge in [-0.2, -0.15) is 4.98 Å². The number of nitrogens with one attached hydrogen (secondary N) is 1. The molecular weight excluding hydrogens is 334 g/mol. The molecule has 1 N–H and O–H groups in total. The maximum atomic E-state index is 11.9. The van der Waals surface area contributed by atoms with Crippen molar-refractivity contribution in [1.82, 2.24) is 14.9 Å². The maximum Gasteiger partial charge on any atom is 0.248 e. The van der Waals surface area contributed by atoms with Crippen LogP contribution in [-0.2, 0) is 9.53 Å². The van der Waals surface area contributed by atoms with Crippen LogP contribution in [0.1, 0.15) is 0 Å². The fourth-order valence-electron chi connectivity index (χ4n) is 2.83. The van der Waals surface area contributed by atoms with Gasteiger partial charge in [-0.1, -0.05) is 12.1 Å². The predicted molar refractivity (Wildman–Crippen MR) is 99.0 cm³/mol. The third-order valence-corrected chi connectivity index (χ3v) is 4.20. The van der Waals surface area contributed by atoms with E-state index in [9.17, 15) is 4.79 Å². The SMILES string of the molecule is COCC(=O)N1CCN(c2nccc(Nc3ccccc3OC)n2)CC1. The summed E-state index contributed by atoms with van der Waals surface area (Å²) in [4.78, 5) is 24.7. The van der Waals surface area contributed by atoms with E-state index in [1.807, 2.05) is 30.3 Å². The average molecular weight is 357 g/mol. The minimum atomic E-state index is 0.0136. The lowest BCUT2D eigenvalue weighted by Gasteiger charge is -2.34. The highest BCUT2D eigenvalue weighted by atomic mass is 16.5. The van der Waals surface area contributed by atoms with Crippen LogP contribution in [0.3, 0.4) is 0 Å². The first-order valence-corrected chi connectivity index (χ1v) is 8.46. The van der Waals surface area contributed by atoms with Gasteiger partial charge < -0.3 is 24.6 Å². The molecule has 2 aromatic rings. The first-order chi connectivity index (χ1) is 12.7. The largest absolute Gasteiger partial charge is 0.495 e. The van der Waals surface area contributed by atoms with E-state index >= 15 is 0 Å². The molecule has 138 valence electrons. The topological polar surface area (TPSA) is 79.8 Å². The van der Waals surface area contributed by atoms with Crippen molar-refractivity contribution in [2.24, 2.45) is 0 Å². The molecular formula is C18H23N5O3. The number of amides is 1. The molecule has 1 amide bonds. The summed E-state index contributed by atoms with van der Waals surface area (Å²) in [6.45, 7) is 2.77. The standard InChI is InChI=1S/C18H23N5O3/c1-25-13-17(24)22-9-11-23(12-10-22)18-19-8-7-16(21-18)20-14-5-3-4-6-15(14)26-2/h3-8H,9-13H2,1-2H3,(H,19,20,21). The second-order valence-corrected chi connectivity index (χ2v) is 5.87. The number of benzene rings is 1. The van der Waals surface area contributed by atoms with Crippen LogP contribution in [0.25, 0.3) is 0 Å². The number of nitrogens with zero attached hydrogens (tertiary/aromatic N) is 4. The molecule has 1 aromatic carbocycles. The number of para-hydroxylation sites is 2. The van der Waals surface area contributed by atoms with Crippen molar-refractivity contribution in [2.75, 3.05) is 57.2 Å². The maximum absolute atomic E-state index is 11.9. The number of aromatic nitrogens is 2. The van der Waals surface area contributed by atoms with Crippen molar-refractivity contribution in [3.63, 3.8) is 0 Å². The summed E-state index contributed by atoms with van der Waals surface area (Å²) in [6, 6.07) is 9.48. The Bertz CT molecular complexity index is 747. The fourth-order valence-corrected chi connectivity index (χ4v) is 2.83. The summed E-state index contributed by atoms with van der Waals surface area (Å²) in [5, 5.41) is 3.26. The monoisotopic (exact) mass is 357 g/mol. The molecule has 26 heavy (non-hydrogen) atoms. The molecule has 1 aliphatic heterocycles. The van der Waals surface area contributed by atoms with Crippen LogP contribution in [0.5, 0.6) is 5.75 Å². The molecule has 0 saturated carbocycles. The fraction of sp³-hybridized carbons (Fsp3) is 0.389.